The van der Waals surface area contributed by atoms with Gasteiger partial charge < -0.3 is 10.6 Å². The van der Waals surface area contributed by atoms with E-state index >= 15 is 0 Å². The lowest BCUT2D eigenvalue weighted by Crippen LogP contribution is -2.36. The van der Waals surface area contributed by atoms with Gasteiger partial charge in [0.1, 0.15) is 5.82 Å². The molecule has 1 aliphatic heterocycles. The van der Waals surface area contributed by atoms with Gasteiger partial charge in [-0.3, -0.25) is 0 Å². The maximum atomic E-state index is 13.2. The minimum atomic E-state index is -0.127. The molecule has 2 unspecified atom stereocenters. The lowest BCUT2D eigenvalue weighted by Gasteiger charge is -2.24. The SMILES string of the molecule is CNC(c1ccc(F)c(C)c1)C1CCCN1. The Morgan fingerprint density at radius 3 is 2.88 bits per heavy atom. The van der Waals surface area contributed by atoms with Crippen LogP contribution in [0.15, 0.2) is 18.2 Å². The van der Waals surface area contributed by atoms with Crippen LogP contribution >= 0.6 is 0 Å². The maximum Gasteiger partial charge on any atom is 0.126 e. The summed E-state index contributed by atoms with van der Waals surface area (Å²) >= 11 is 0. The lowest BCUT2D eigenvalue weighted by molar-refractivity contribution is 0.439. The van der Waals surface area contributed by atoms with Crippen molar-refractivity contribution in [3.63, 3.8) is 0 Å². The second-order valence-electron chi connectivity index (χ2n) is 4.48. The molecule has 1 fully saturated rings. The standard InChI is InChI=1S/C13H19FN2/c1-9-8-10(5-6-11(9)14)13(15-2)12-4-3-7-16-12/h5-6,8,12-13,15-16H,3-4,7H2,1-2H3. The van der Waals surface area contributed by atoms with E-state index in [4.69, 9.17) is 0 Å². The summed E-state index contributed by atoms with van der Waals surface area (Å²) in [5.74, 6) is -0.127. The van der Waals surface area contributed by atoms with Crippen molar-refractivity contribution < 1.29 is 4.39 Å². The Morgan fingerprint density at radius 2 is 2.31 bits per heavy atom. The van der Waals surface area contributed by atoms with E-state index in [1.54, 1.807) is 6.07 Å². The Balaban J connectivity index is 2.22. The predicted molar refractivity (Wildman–Crippen MR) is 64.0 cm³/mol. The molecule has 88 valence electrons. The topological polar surface area (TPSA) is 24.1 Å². The zero-order valence-electron chi connectivity index (χ0n) is 9.89. The Hall–Kier alpha value is -0.930. The fraction of sp³-hybridized carbons (Fsp3) is 0.538. The Labute approximate surface area is 96.2 Å². The van der Waals surface area contributed by atoms with Gasteiger partial charge in [0.15, 0.2) is 0 Å². The van der Waals surface area contributed by atoms with Gasteiger partial charge >= 0.3 is 0 Å². The summed E-state index contributed by atoms with van der Waals surface area (Å²) in [5, 5.41) is 6.81. The van der Waals surface area contributed by atoms with Crippen molar-refractivity contribution in [1.29, 1.82) is 0 Å². The van der Waals surface area contributed by atoms with Gasteiger partial charge in [0.05, 0.1) is 0 Å². The molecule has 0 aromatic heterocycles. The molecule has 1 aromatic rings. The van der Waals surface area contributed by atoms with Gasteiger partial charge in [-0.15, -0.1) is 0 Å². The monoisotopic (exact) mass is 222 g/mol. The largest absolute Gasteiger partial charge is 0.312 e. The molecule has 16 heavy (non-hydrogen) atoms. The van der Waals surface area contributed by atoms with Gasteiger partial charge in [-0.2, -0.15) is 0 Å². The maximum absolute atomic E-state index is 13.2. The van der Waals surface area contributed by atoms with Crippen LogP contribution in [0.5, 0.6) is 0 Å². The van der Waals surface area contributed by atoms with E-state index in [-0.39, 0.29) is 11.9 Å². The van der Waals surface area contributed by atoms with E-state index in [2.05, 4.69) is 10.6 Å². The average molecular weight is 222 g/mol. The zero-order valence-corrected chi connectivity index (χ0v) is 9.89. The number of aryl methyl sites for hydroxylation is 1. The highest BCUT2D eigenvalue weighted by atomic mass is 19.1. The molecule has 2 atom stereocenters. The highest BCUT2D eigenvalue weighted by Crippen LogP contribution is 2.24. The van der Waals surface area contributed by atoms with Crippen molar-refractivity contribution in [3.8, 4) is 0 Å². The van der Waals surface area contributed by atoms with E-state index in [9.17, 15) is 4.39 Å². The van der Waals surface area contributed by atoms with Crippen molar-refractivity contribution in [2.75, 3.05) is 13.6 Å². The summed E-state index contributed by atoms with van der Waals surface area (Å²) in [7, 11) is 1.96. The second-order valence-corrected chi connectivity index (χ2v) is 4.48. The molecule has 1 heterocycles. The van der Waals surface area contributed by atoms with Gasteiger partial charge in [-0.1, -0.05) is 12.1 Å². The minimum Gasteiger partial charge on any atom is -0.312 e. The van der Waals surface area contributed by atoms with Gasteiger partial charge in [0, 0.05) is 12.1 Å². The zero-order chi connectivity index (χ0) is 11.5. The van der Waals surface area contributed by atoms with Crippen molar-refractivity contribution in [2.45, 2.75) is 31.8 Å². The summed E-state index contributed by atoms with van der Waals surface area (Å²) in [6.45, 7) is 2.90. The summed E-state index contributed by atoms with van der Waals surface area (Å²) in [5.41, 5.74) is 1.89. The summed E-state index contributed by atoms with van der Waals surface area (Å²) < 4.78 is 13.2. The van der Waals surface area contributed by atoms with Crippen LogP contribution in [0.2, 0.25) is 0 Å². The molecule has 2 rings (SSSR count). The van der Waals surface area contributed by atoms with Crippen LogP contribution in [0.1, 0.15) is 30.0 Å². The molecular formula is C13H19FN2. The number of rotatable bonds is 3. The molecule has 0 amide bonds. The first-order valence-corrected chi connectivity index (χ1v) is 5.89. The summed E-state index contributed by atoms with van der Waals surface area (Å²) in [6.07, 6.45) is 2.41. The van der Waals surface area contributed by atoms with Crippen LogP contribution in [0.3, 0.4) is 0 Å². The molecule has 1 aliphatic rings. The number of hydrogen-bond donors (Lipinski definition) is 2. The van der Waals surface area contributed by atoms with Crippen molar-refractivity contribution in [3.05, 3.63) is 35.1 Å². The molecule has 0 bridgehead atoms. The fourth-order valence-corrected chi connectivity index (χ4v) is 2.46. The molecule has 2 nitrogen and oxygen atoms in total. The Kier molecular flexibility index (Phi) is 3.56. The van der Waals surface area contributed by atoms with Crippen LogP contribution in [0.25, 0.3) is 0 Å². The second kappa shape index (κ2) is 4.93. The smallest absolute Gasteiger partial charge is 0.126 e. The number of nitrogens with one attached hydrogen (secondary N) is 2. The van der Waals surface area contributed by atoms with Crippen LogP contribution in [-0.2, 0) is 0 Å². The van der Waals surface area contributed by atoms with Crippen molar-refractivity contribution in [1.82, 2.24) is 10.6 Å². The molecule has 3 heteroatoms. The van der Waals surface area contributed by atoms with E-state index < -0.39 is 0 Å². The van der Waals surface area contributed by atoms with Gasteiger partial charge in [-0.05, 0) is 50.6 Å². The lowest BCUT2D eigenvalue weighted by atomic mass is 9.97. The number of hydrogen-bond acceptors (Lipinski definition) is 2. The number of benzene rings is 1. The van der Waals surface area contributed by atoms with Crippen LogP contribution < -0.4 is 10.6 Å². The normalized spacial score (nSPS) is 22.3. The van der Waals surface area contributed by atoms with Crippen molar-refractivity contribution in [2.24, 2.45) is 0 Å². The predicted octanol–water partition coefficient (Wildman–Crippen LogP) is 2.15. The van der Waals surface area contributed by atoms with Crippen molar-refractivity contribution >= 4 is 0 Å². The Bertz CT molecular complexity index is 359. The van der Waals surface area contributed by atoms with E-state index in [0.717, 1.165) is 12.1 Å². The van der Waals surface area contributed by atoms with E-state index in [1.807, 2.05) is 26.1 Å². The first kappa shape index (κ1) is 11.6. The molecule has 1 aromatic carbocycles. The van der Waals surface area contributed by atoms with Crippen LogP contribution in [-0.4, -0.2) is 19.6 Å². The van der Waals surface area contributed by atoms with E-state index in [1.165, 1.54) is 18.4 Å². The first-order valence-electron chi connectivity index (χ1n) is 5.89. The third-order valence-corrected chi connectivity index (χ3v) is 3.35. The molecule has 0 radical (unpaired) electrons. The van der Waals surface area contributed by atoms with Gasteiger partial charge in [0.2, 0.25) is 0 Å². The highest BCUT2D eigenvalue weighted by Gasteiger charge is 2.24. The summed E-state index contributed by atoms with van der Waals surface area (Å²) in [4.78, 5) is 0. The third-order valence-electron chi connectivity index (χ3n) is 3.35. The molecular weight excluding hydrogens is 203 g/mol. The number of likely N-dealkylation sites (N-methyl/N-ethyl adjacent to an activating group) is 1. The highest BCUT2D eigenvalue weighted by molar-refractivity contribution is 5.27. The molecule has 2 N–H and O–H groups in total. The summed E-state index contributed by atoms with van der Waals surface area (Å²) in [6, 6.07) is 6.13. The van der Waals surface area contributed by atoms with Crippen LogP contribution in [0.4, 0.5) is 4.39 Å². The number of halogens is 1. The third kappa shape index (κ3) is 2.25. The minimum absolute atomic E-state index is 0.127. The van der Waals surface area contributed by atoms with E-state index in [0.29, 0.717) is 6.04 Å². The first-order chi connectivity index (χ1) is 7.72. The van der Waals surface area contributed by atoms with Crippen LogP contribution in [0, 0.1) is 12.7 Å². The van der Waals surface area contributed by atoms with Gasteiger partial charge in [-0.25, -0.2) is 4.39 Å². The molecule has 1 saturated heterocycles. The fourth-order valence-electron chi connectivity index (χ4n) is 2.46. The quantitative estimate of drug-likeness (QED) is 0.819. The molecule has 0 aliphatic carbocycles. The van der Waals surface area contributed by atoms with Gasteiger partial charge in [0.25, 0.3) is 0 Å². The Morgan fingerprint density at radius 1 is 1.50 bits per heavy atom. The average Bonchev–Trinajstić information content (AvgIpc) is 2.78. The molecule has 0 spiro atoms. The molecule has 0 saturated carbocycles.